The highest BCUT2D eigenvalue weighted by atomic mass is 32.2. The zero-order valence-electron chi connectivity index (χ0n) is 8.27. The summed E-state index contributed by atoms with van der Waals surface area (Å²) >= 11 is 1.87. The number of nitrogens with zero attached hydrogens (tertiary/aromatic N) is 2. The maximum Gasteiger partial charge on any atom is 0.356 e. The number of carbonyl (C=O) groups is 1. The van der Waals surface area contributed by atoms with Crippen molar-refractivity contribution in [2.24, 2.45) is 0 Å². The maximum atomic E-state index is 11.0. The van der Waals surface area contributed by atoms with Gasteiger partial charge in [-0.1, -0.05) is 0 Å². The van der Waals surface area contributed by atoms with E-state index in [0.29, 0.717) is 6.04 Å². The van der Waals surface area contributed by atoms with Crippen molar-refractivity contribution in [2.45, 2.75) is 31.1 Å². The summed E-state index contributed by atoms with van der Waals surface area (Å²) < 4.78 is 1.96. The average Bonchev–Trinajstić information content (AvgIpc) is 2.99. The van der Waals surface area contributed by atoms with E-state index in [1.165, 1.54) is 0 Å². The molecule has 0 amide bonds. The Morgan fingerprint density at radius 3 is 3.00 bits per heavy atom. The lowest BCUT2D eigenvalue weighted by Crippen LogP contribution is -2.08. The highest BCUT2D eigenvalue weighted by Gasteiger charge is 2.32. The first-order valence-electron chi connectivity index (χ1n) is 5.18. The van der Waals surface area contributed by atoms with E-state index < -0.39 is 5.97 Å². The molecule has 0 atom stereocenters. The topological polar surface area (TPSA) is 55.1 Å². The molecule has 1 N–H and O–H groups in total. The largest absolute Gasteiger partial charge is 0.476 e. The number of aromatic carboxylic acids is 1. The molecule has 2 heterocycles. The molecule has 80 valence electrons. The Kier molecular flexibility index (Phi) is 2.02. The minimum absolute atomic E-state index is 0.289. The molecule has 1 aromatic rings. The molecular weight excluding hydrogens is 212 g/mol. The molecule has 1 aliphatic carbocycles. The number of rotatable bonds is 2. The smallest absolute Gasteiger partial charge is 0.356 e. The zero-order valence-corrected chi connectivity index (χ0v) is 9.09. The first kappa shape index (κ1) is 9.27. The summed E-state index contributed by atoms with van der Waals surface area (Å²) in [5.41, 5.74) is 2.43. The number of hydrogen-bond acceptors (Lipinski definition) is 3. The number of carboxylic acid groups (broad SMARTS) is 1. The fourth-order valence-corrected chi connectivity index (χ4v) is 3.05. The van der Waals surface area contributed by atoms with Gasteiger partial charge >= 0.3 is 5.97 Å². The molecule has 0 spiro atoms. The highest BCUT2D eigenvalue weighted by Crippen LogP contribution is 2.39. The van der Waals surface area contributed by atoms with Gasteiger partial charge < -0.3 is 5.11 Å². The molecule has 1 saturated carbocycles. The van der Waals surface area contributed by atoms with Crippen molar-refractivity contribution in [3.05, 3.63) is 17.0 Å². The van der Waals surface area contributed by atoms with Crippen LogP contribution in [0, 0.1) is 0 Å². The molecule has 3 rings (SSSR count). The summed E-state index contributed by atoms with van der Waals surface area (Å²) in [6, 6.07) is 0.477. The van der Waals surface area contributed by atoms with E-state index in [9.17, 15) is 4.79 Å². The predicted molar refractivity (Wildman–Crippen MR) is 57.3 cm³/mol. The van der Waals surface area contributed by atoms with Gasteiger partial charge in [-0.25, -0.2) is 4.79 Å². The molecule has 1 aliphatic heterocycles. The van der Waals surface area contributed by atoms with Gasteiger partial charge in [0, 0.05) is 11.3 Å². The van der Waals surface area contributed by atoms with E-state index >= 15 is 0 Å². The van der Waals surface area contributed by atoms with Crippen LogP contribution in [0.1, 0.15) is 40.6 Å². The van der Waals surface area contributed by atoms with Gasteiger partial charge in [-0.15, -0.1) is 0 Å². The zero-order chi connectivity index (χ0) is 10.4. The summed E-state index contributed by atoms with van der Waals surface area (Å²) in [7, 11) is 0. The van der Waals surface area contributed by atoms with Gasteiger partial charge in [0.1, 0.15) is 0 Å². The molecule has 1 fully saturated rings. The van der Waals surface area contributed by atoms with E-state index in [4.69, 9.17) is 5.11 Å². The fraction of sp³-hybridized carbons (Fsp3) is 0.600. The summed E-state index contributed by atoms with van der Waals surface area (Å²) in [5, 5.41) is 13.3. The van der Waals surface area contributed by atoms with Crippen molar-refractivity contribution >= 4 is 17.7 Å². The van der Waals surface area contributed by atoms with Crippen molar-refractivity contribution in [1.29, 1.82) is 0 Å². The Morgan fingerprint density at radius 2 is 2.33 bits per heavy atom. The minimum atomic E-state index is -0.877. The van der Waals surface area contributed by atoms with Crippen LogP contribution in [-0.2, 0) is 12.2 Å². The van der Waals surface area contributed by atoms with Crippen LogP contribution in [0.2, 0.25) is 0 Å². The van der Waals surface area contributed by atoms with Gasteiger partial charge in [-0.3, -0.25) is 4.68 Å². The summed E-state index contributed by atoms with van der Waals surface area (Å²) in [6.07, 6.45) is 3.16. The second kappa shape index (κ2) is 3.27. The Hall–Kier alpha value is -0.970. The molecule has 15 heavy (non-hydrogen) atoms. The fourth-order valence-electron chi connectivity index (χ4n) is 2.06. The maximum absolute atomic E-state index is 11.0. The standard InChI is InChI=1S/C10H12N2O2S/c13-10(14)9-7-3-4-15-5-8(7)12(11-9)6-1-2-6/h6H,1-5H2,(H,13,14). The number of hydrogen-bond donors (Lipinski definition) is 1. The third-order valence-electron chi connectivity index (χ3n) is 2.95. The van der Waals surface area contributed by atoms with Crippen molar-refractivity contribution < 1.29 is 9.90 Å². The Balaban J connectivity index is 2.11. The molecule has 0 radical (unpaired) electrons. The first-order valence-corrected chi connectivity index (χ1v) is 6.34. The van der Waals surface area contributed by atoms with Gasteiger partial charge in [0.05, 0.1) is 11.7 Å². The van der Waals surface area contributed by atoms with Gasteiger partial charge in [-0.2, -0.15) is 16.9 Å². The Labute approximate surface area is 91.7 Å². The van der Waals surface area contributed by atoms with Gasteiger partial charge in [0.25, 0.3) is 0 Å². The van der Waals surface area contributed by atoms with Gasteiger partial charge in [0.2, 0.25) is 0 Å². The van der Waals surface area contributed by atoms with Crippen molar-refractivity contribution in [3.8, 4) is 0 Å². The van der Waals surface area contributed by atoms with Crippen molar-refractivity contribution in [2.75, 3.05) is 5.75 Å². The molecule has 2 aliphatic rings. The Bertz CT molecular complexity index is 423. The van der Waals surface area contributed by atoms with Crippen LogP contribution in [0.15, 0.2) is 0 Å². The highest BCUT2D eigenvalue weighted by molar-refractivity contribution is 7.98. The number of thioether (sulfide) groups is 1. The van der Waals surface area contributed by atoms with E-state index in [-0.39, 0.29) is 5.69 Å². The summed E-state index contributed by atoms with van der Waals surface area (Å²) in [6.45, 7) is 0. The molecule has 4 nitrogen and oxygen atoms in total. The van der Waals surface area contributed by atoms with Crippen LogP contribution in [0.4, 0.5) is 0 Å². The van der Waals surface area contributed by atoms with Gasteiger partial charge in [-0.05, 0) is 25.0 Å². The van der Waals surface area contributed by atoms with E-state index in [0.717, 1.165) is 42.0 Å². The van der Waals surface area contributed by atoms with E-state index in [1.54, 1.807) is 0 Å². The van der Waals surface area contributed by atoms with Crippen LogP contribution < -0.4 is 0 Å². The number of carboxylic acids is 1. The lowest BCUT2D eigenvalue weighted by atomic mass is 10.1. The third kappa shape index (κ3) is 1.45. The van der Waals surface area contributed by atoms with Crippen LogP contribution in [-0.4, -0.2) is 26.6 Å². The lowest BCUT2D eigenvalue weighted by molar-refractivity contribution is 0.0688. The van der Waals surface area contributed by atoms with E-state index in [2.05, 4.69) is 5.10 Å². The third-order valence-corrected chi connectivity index (χ3v) is 3.92. The lowest BCUT2D eigenvalue weighted by Gasteiger charge is -2.13. The number of fused-ring (bicyclic) bond motifs is 1. The van der Waals surface area contributed by atoms with Gasteiger partial charge in [0.15, 0.2) is 5.69 Å². The summed E-state index contributed by atoms with van der Waals surface area (Å²) in [4.78, 5) is 11.0. The van der Waals surface area contributed by atoms with Crippen molar-refractivity contribution in [1.82, 2.24) is 9.78 Å². The second-order valence-electron chi connectivity index (χ2n) is 4.06. The summed E-state index contributed by atoms with van der Waals surface area (Å²) in [5.74, 6) is 1.06. The SMILES string of the molecule is O=C(O)c1nn(C2CC2)c2c1CCSC2. The quantitative estimate of drug-likeness (QED) is 0.830. The second-order valence-corrected chi connectivity index (χ2v) is 5.16. The van der Waals surface area contributed by atoms with E-state index in [1.807, 2.05) is 16.4 Å². The molecule has 1 aromatic heterocycles. The van der Waals surface area contributed by atoms with Crippen LogP contribution in [0.3, 0.4) is 0 Å². The molecule has 5 heteroatoms. The minimum Gasteiger partial charge on any atom is -0.476 e. The molecule has 0 bridgehead atoms. The van der Waals surface area contributed by atoms with Crippen LogP contribution in [0.5, 0.6) is 0 Å². The monoisotopic (exact) mass is 224 g/mol. The number of aromatic nitrogens is 2. The molecule has 0 aromatic carbocycles. The Morgan fingerprint density at radius 1 is 1.53 bits per heavy atom. The normalized spacial score (nSPS) is 20.0. The predicted octanol–water partition coefficient (Wildman–Crippen LogP) is 1.71. The molecule has 0 saturated heterocycles. The molecular formula is C10H12N2O2S. The van der Waals surface area contributed by atoms with Crippen LogP contribution >= 0.6 is 11.8 Å². The van der Waals surface area contributed by atoms with Crippen molar-refractivity contribution in [3.63, 3.8) is 0 Å². The average molecular weight is 224 g/mol. The van der Waals surface area contributed by atoms with Crippen LogP contribution in [0.25, 0.3) is 0 Å². The molecule has 0 unspecified atom stereocenters. The first-order chi connectivity index (χ1) is 7.27.